The molecule has 2 heterocycles. The van der Waals surface area contributed by atoms with Crippen LogP contribution in [0.15, 0.2) is 29.8 Å². The van der Waals surface area contributed by atoms with Gasteiger partial charge in [0.1, 0.15) is 6.04 Å². The Balaban J connectivity index is 0.00000256. The Bertz CT molecular complexity index is 915. The van der Waals surface area contributed by atoms with Crippen LogP contribution >= 0.6 is 36.2 Å². The van der Waals surface area contributed by atoms with E-state index in [2.05, 4.69) is 10.3 Å². The number of likely N-dealkylation sites (tertiary alicyclic amines) is 1. The van der Waals surface area contributed by atoms with Crippen molar-refractivity contribution in [3.63, 3.8) is 0 Å². The van der Waals surface area contributed by atoms with Crippen LogP contribution in [0.2, 0.25) is 0 Å². The molecule has 3 rings (SSSR count). The van der Waals surface area contributed by atoms with E-state index in [1.807, 2.05) is 57.5 Å². The second-order valence-corrected chi connectivity index (χ2v) is 9.78. The van der Waals surface area contributed by atoms with Gasteiger partial charge in [-0.3, -0.25) is 9.59 Å². The van der Waals surface area contributed by atoms with Crippen LogP contribution in [0.4, 0.5) is 0 Å². The fourth-order valence-corrected chi connectivity index (χ4v) is 4.33. The van der Waals surface area contributed by atoms with Gasteiger partial charge >= 0.3 is 0 Å². The van der Waals surface area contributed by atoms with E-state index in [0.29, 0.717) is 6.54 Å². The number of β-amino-alcohol motifs (C(OH)–C–C–N with tert-alkyl or cyclic N) is 1. The molecule has 2 aromatic rings. The van der Waals surface area contributed by atoms with Gasteiger partial charge in [0, 0.05) is 19.5 Å². The van der Waals surface area contributed by atoms with Crippen molar-refractivity contribution in [3.05, 3.63) is 41.0 Å². The number of benzene rings is 1. The number of nitrogens with two attached hydrogens (primary N) is 1. The van der Waals surface area contributed by atoms with E-state index >= 15 is 0 Å². The van der Waals surface area contributed by atoms with Crippen LogP contribution in [-0.2, 0) is 16.1 Å². The predicted octanol–water partition coefficient (Wildman–Crippen LogP) is 2.91. The summed E-state index contributed by atoms with van der Waals surface area (Å²) in [6.07, 6.45) is -0.503. The molecule has 0 saturated carbocycles. The predicted molar refractivity (Wildman–Crippen MR) is 132 cm³/mol. The summed E-state index contributed by atoms with van der Waals surface area (Å²) in [6.45, 7) is 8.11. The molecule has 1 aromatic heterocycles. The Morgan fingerprint density at radius 1 is 1.28 bits per heavy atom. The molecule has 0 aliphatic carbocycles. The molecule has 10 heteroatoms. The van der Waals surface area contributed by atoms with Gasteiger partial charge in [-0.2, -0.15) is 0 Å². The molecule has 0 bridgehead atoms. The highest BCUT2D eigenvalue weighted by Gasteiger charge is 2.42. The molecular formula is C22H32Cl2N4O3S. The van der Waals surface area contributed by atoms with Crippen molar-refractivity contribution in [1.29, 1.82) is 0 Å². The molecule has 1 fully saturated rings. The highest BCUT2D eigenvalue weighted by molar-refractivity contribution is 7.13. The van der Waals surface area contributed by atoms with E-state index < -0.39 is 23.6 Å². The van der Waals surface area contributed by atoms with Gasteiger partial charge in [0.15, 0.2) is 0 Å². The Hall–Kier alpha value is -1.71. The summed E-state index contributed by atoms with van der Waals surface area (Å²) < 4.78 is 0. The largest absolute Gasteiger partial charge is 0.391 e. The second kappa shape index (κ2) is 11.4. The van der Waals surface area contributed by atoms with Crippen LogP contribution in [0.3, 0.4) is 0 Å². The summed E-state index contributed by atoms with van der Waals surface area (Å²) >= 11 is 1.60. The molecule has 2 amide bonds. The van der Waals surface area contributed by atoms with Crippen molar-refractivity contribution in [3.8, 4) is 10.4 Å². The Labute approximate surface area is 205 Å². The first-order valence-electron chi connectivity index (χ1n) is 10.1. The van der Waals surface area contributed by atoms with Crippen molar-refractivity contribution >= 4 is 48.0 Å². The third-order valence-electron chi connectivity index (χ3n) is 5.49. The van der Waals surface area contributed by atoms with Crippen molar-refractivity contribution in [1.82, 2.24) is 15.2 Å². The topological polar surface area (TPSA) is 109 Å². The van der Waals surface area contributed by atoms with Crippen LogP contribution in [0.25, 0.3) is 10.4 Å². The number of nitrogens with one attached hydrogen (secondary N) is 1. The maximum absolute atomic E-state index is 12.8. The average molecular weight is 503 g/mol. The Kier molecular flexibility index (Phi) is 10.1. The molecule has 3 unspecified atom stereocenters. The van der Waals surface area contributed by atoms with E-state index in [-0.39, 0.29) is 49.6 Å². The Morgan fingerprint density at radius 2 is 1.91 bits per heavy atom. The number of hydrogen-bond acceptors (Lipinski definition) is 6. The van der Waals surface area contributed by atoms with Crippen molar-refractivity contribution in [2.75, 3.05) is 6.54 Å². The van der Waals surface area contributed by atoms with Gasteiger partial charge in [0.05, 0.1) is 28.2 Å². The van der Waals surface area contributed by atoms with Gasteiger partial charge in [0.25, 0.3) is 0 Å². The van der Waals surface area contributed by atoms with Crippen LogP contribution in [0, 0.1) is 12.3 Å². The maximum atomic E-state index is 12.8. The number of aliphatic hydroxyl groups is 1. The van der Waals surface area contributed by atoms with Crippen LogP contribution in [0.1, 0.15) is 38.4 Å². The van der Waals surface area contributed by atoms with Crippen LogP contribution in [-0.4, -0.2) is 51.5 Å². The first-order valence-corrected chi connectivity index (χ1v) is 11.0. The number of aliphatic hydroxyl groups excluding tert-OH is 1. The summed E-state index contributed by atoms with van der Waals surface area (Å²) in [6, 6.07) is 6.52. The minimum absolute atomic E-state index is 0. The summed E-state index contributed by atoms with van der Waals surface area (Å²) in [5.74, 6) is -0.577. The lowest BCUT2D eigenvalue weighted by molar-refractivity contribution is -0.141. The molecule has 1 aliphatic heterocycles. The number of hydrogen-bond donors (Lipinski definition) is 3. The number of thiazole rings is 1. The molecule has 0 radical (unpaired) electrons. The minimum Gasteiger partial charge on any atom is -0.391 e. The SMILES string of the molecule is Cc1ncsc1-c1ccc(CNC(=O)C2CC(O)CN2C(=O)C(N)C(C)(C)C)cc1.Cl.Cl. The first kappa shape index (κ1) is 28.3. The summed E-state index contributed by atoms with van der Waals surface area (Å²) in [7, 11) is 0. The highest BCUT2D eigenvalue weighted by atomic mass is 35.5. The van der Waals surface area contributed by atoms with Crippen LogP contribution < -0.4 is 11.1 Å². The van der Waals surface area contributed by atoms with Gasteiger partial charge in [0.2, 0.25) is 11.8 Å². The molecule has 3 atom stereocenters. The molecule has 1 aliphatic rings. The lowest BCUT2D eigenvalue weighted by Gasteiger charge is -2.32. The molecular weight excluding hydrogens is 471 g/mol. The monoisotopic (exact) mass is 502 g/mol. The van der Waals surface area contributed by atoms with E-state index in [0.717, 1.165) is 21.7 Å². The van der Waals surface area contributed by atoms with Gasteiger partial charge in [-0.1, -0.05) is 45.0 Å². The van der Waals surface area contributed by atoms with Gasteiger partial charge in [-0.25, -0.2) is 4.98 Å². The number of carbonyl (C=O) groups excluding carboxylic acids is 2. The molecule has 7 nitrogen and oxygen atoms in total. The zero-order valence-corrected chi connectivity index (χ0v) is 21.1. The first-order chi connectivity index (χ1) is 14.1. The number of amides is 2. The van der Waals surface area contributed by atoms with E-state index in [1.54, 1.807) is 11.3 Å². The van der Waals surface area contributed by atoms with Gasteiger partial charge in [-0.05, 0) is 23.5 Å². The smallest absolute Gasteiger partial charge is 0.243 e. The zero-order valence-electron chi connectivity index (χ0n) is 18.7. The minimum atomic E-state index is -0.735. The molecule has 178 valence electrons. The average Bonchev–Trinajstić information content (AvgIpc) is 3.30. The quantitative estimate of drug-likeness (QED) is 0.582. The number of rotatable bonds is 5. The number of carbonyl (C=O) groups is 2. The highest BCUT2D eigenvalue weighted by Crippen LogP contribution is 2.27. The summed E-state index contributed by atoms with van der Waals surface area (Å²) in [4.78, 5) is 32.4. The zero-order chi connectivity index (χ0) is 22.1. The number of nitrogens with zero attached hydrogens (tertiary/aromatic N) is 2. The second-order valence-electron chi connectivity index (χ2n) is 8.92. The standard InChI is InChI=1S/C22H30N4O3S.2ClH/c1-13-18(30-12-25-13)15-7-5-14(6-8-15)10-24-20(28)17-9-16(27)11-26(17)21(29)19(23)22(2,3)4;;/h5-8,12,16-17,19,27H,9-11,23H2,1-4H3,(H,24,28);2*1H. The third-order valence-corrected chi connectivity index (χ3v) is 6.47. The fourth-order valence-electron chi connectivity index (χ4n) is 3.51. The lowest BCUT2D eigenvalue weighted by atomic mass is 9.86. The van der Waals surface area contributed by atoms with Crippen molar-refractivity contribution in [2.24, 2.45) is 11.1 Å². The molecule has 1 aromatic carbocycles. The van der Waals surface area contributed by atoms with Gasteiger partial charge in [-0.15, -0.1) is 36.2 Å². The molecule has 32 heavy (non-hydrogen) atoms. The summed E-state index contributed by atoms with van der Waals surface area (Å²) in [5.41, 5.74) is 10.6. The maximum Gasteiger partial charge on any atom is 0.243 e. The molecule has 4 N–H and O–H groups in total. The number of aryl methyl sites for hydroxylation is 1. The van der Waals surface area contributed by atoms with E-state index in [1.165, 1.54) is 4.90 Å². The molecule has 1 saturated heterocycles. The van der Waals surface area contributed by atoms with Crippen molar-refractivity contribution < 1.29 is 14.7 Å². The van der Waals surface area contributed by atoms with E-state index in [4.69, 9.17) is 5.73 Å². The van der Waals surface area contributed by atoms with Crippen molar-refractivity contribution in [2.45, 2.75) is 58.8 Å². The number of halogens is 2. The normalized spacial score (nSPS) is 19.0. The Morgan fingerprint density at radius 3 is 2.44 bits per heavy atom. The fraction of sp³-hybridized carbons (Fsp3) is 0.500. The van der Waals surface area contributed by atoms with Crippen LogP contribution in [0.5, 0.6) is 0 Å². The third kappa shape index (κ3) is 6.42. The lowest BCUT2D eigenvalue weighted by Crippen LogP contribution is -2.54. The summed E-state index contributed by atoms with van der Waals surface area (Å²) in [5, 5.41) is 13.0. The van der Waals surface area contributed by atoms with Gasteiger partial charge < -0.3 is 21.1 Å². The molecule has 0 spiro atoms. The van der Waals surface area contributed by atoms with E-state index in [9.17, 15) is 14.7 Å². The number of aromatic nitrogens is 1.